The van der Waals surface area contributed by atoms with Crippen molar-refractivity contribution in [2.75, 3.05) is 11.9 Å². The first-order valence-corrected chi connectivity index (χ1v) is 6.70. The molecule has 0 aliphatic carbocycles. The summed E-state index contributed by atoms with van der Waals surface area (Å²) < 4.78 is 4.22. The van der Waals surface area contributed by atoms with Gasteiger partial charge in [0.25, 0.3) is 0 Å². The zero-order valence-electron chi connectivity index (χ0n) is 10.3. The Bertz CT molecular complexity index is 354. The van der Waals surface area contributed by atoms with Crippen molar-refractivity contribution < 1.29 is 9.90 Å². The average molecular weight is 257 g/mol. The summed E-state index contributed by atoms with van der Waals surface area (Å²) in [7, 11) is 0. The molecule has 0 aliphatic heterocycles. The number of carbonyl (C=O) groups is 1. The van der Waals surface area contributed by atoms with Crippen LogP contribution in [0.5, 0.6) is 0 Å². The van der Waals surface area contributed by atoms with Gasteiger partial charge in [-0.05, 0) is 19.3 Å². The molecule has 1 unspecified atom stereocenters. The van der Waals surface area contributed by atoms with Crippen LogP contribution in [-0.2, 0) is 11.2 Å². The summed E-state index contributed by atoms with van der Waals surface area (Å²) in [6.45, 7) is 4.58. The lowest BCUT2D eigenvalue weighted by atomic mass is 10.1. The van der Waals surface area contributed by atoms with E-state index in [1.807, 2.05) is 0 Å². The van der Waals surface area contributed by atoms with Crippen molar-refractivity contribution in [2.24, 2.45) is 5.92 Å². The number of carboxylic acid groups (broad SMARTS) is 1. The van der Waals surface area contributed by atoms with E-state index >= 15 is 0 Å². The fourth-order valence-corrected chi connectivity index (χ4v) is 2.01. The number of rotatable bonds is 8. The van der Waals surface area contributed by atoms with Crippen LogP contribution in [0.2, 0.25) is 0 Å². The highest BCUT2D eigenvalue weighted by atomic mass is 32.1. The molecule has 17 heavy (non-hydrogen) atoms. The van der Waals surface area contributed by atoms with E-state index < -0.39 is 5.97 Å². The van der Waals surface area contributed by atoms with E-state index in [1.54, 1.807) is 6.92 Å². The Kier molecular flexibility index (Phi) is 5.90. The number of hydrogen-bond donors (Lipinski definition) is 2. The minimum Gasteiger partial charge on any atom is -0.481 e. The standard InChI is InChI=1S/C11H19N3O2S/c1-3-5-9-13-11(17-14-9)12-7-4-6-8(2)10(15)16/h8H,3-7H2,1-2H3,(H,15,16)(H,12,13,14). The third-order valence-corrected chi connectivity index (χ3v) is 3.16. The number of hydrogen-bond acceptors (Lipinski definition) is 5. The van der Waals surface area contributed by atoms with Crippen molar-refractivity contribution in [3.05, 3.63) is 5.82 Å². The normalized spacial score (nSPS) is 12.4. The van der Waals surface area contributed by atoms with Crippen molar-refractivity contribution in [2.45, 2.75) is 39.5 Å². The van der Waals surface area contributed by atoms with Gasteiger partial charge in [0.2, 0.25) is 5.13 Å². The van der Waals surface area contributed by atoms with Gasteiger partial charge < -0.3 is 10.4 Å². The predicted octanol–water partition coefficient (Wildman–Crippen LogP) is 2.40. The summed E-state index contributed by atoms with van der Waals surface area (Å²) >= 11 is 1.37. The molecular formula is C11H19N3O2S. The molecule has 0 saturated heterocycles. The molecular weight excluding hydrogens is 238 g/mol. The molecule has 0 spiro atoms. The molecule has 6 heteroatoms. The van der Waals surface area contributed by atoms with Gasteiger partial charge in [-0.1, -0.05) is 13.8 Å². The smallest absolute Gasteiger partial charge is 0.306 e. The molecule has 1 aromatic heterocycles. The Hall–Kier alpha value is -1.17. The SMILES string of the molecule is CCCc1nsc(NCCCC(C)C(=O)O)n1. The Balaban J connectivity index is 2.19. The Morgan fingerprint density at radius 3 is 3.00 bits per heavy atom. The Morgan fingerprint density at radius 1 is 1.59 bits per heavy atom. The largest absolute Gasteiger partial charge is 0.481 e. The van der Waals surface area contributed by atoms with Crippen molar-refractivity contribution in [1.29, 1.82) is 0 Å². The maximum atomic E-state index is 10.6. The predicted molar refractivity (Wildman–Crippen MR) is 68.4 cm³/mol. The van der Waals surface area contributed by atoms with Crippen LogP contribution in [0, 0.1) is 5.92 Å². The van der Waals surface area contributed by atoms with Gasteiger partial charge in [0.15, 0.2) is 0 Å². The zero-order valence-corrected chi connectivity index (χ0v) is 11.1. The summed E-state index contributed by atoms with van der Waals surface area (Å²) in [5.74, 6) is -0.119. The molecule has 1 aromatic rings. The van der Waals surface area contributed by atoms with Crippen LogP contribution in [0.25, 0.3) is 0 Å². The van der Waals surface area contributed by atoms with Crippen molar-refractivity contribution in [3.8, 4) is 0 Å². The summed E-state index contributed by atoms with van der Waals surface area (Å²) in [5.41, 5.74) is 0. The van der Waals surface area contributed by atoms with Crippen molar-refractivity contribution in [1.82, 2.24) is 9.36 Å². The number of carboxylic acids is 1. The maximum absolute atomic E-state index is 10.6. The molecule has 1 rings (SSSR count). The van der Waals surface area contributed by atoms with Gasteiger partial charge in [0.1, 0.15) is 5.82 Å². The number of anilines is 1. The fourth-order valence-electron chi connectivity index (χ4n) is 1.38. The van der Waals surface area contributed by atoms with E-state index in [1.165, 1.54) is 11.5 Å². The van der Waals surface area contributed by atoms with Crippen molar-refractivity contribution in [3.63, 3.8) is 0 Å². The van der Waals surface area contributed by atoms with Crippen molar-refractivity contribution >= 4 is 22.6 Å². The van der Waals surface area contributed by atoms with E-state index in [0.29, 0.717) is 6.42 Å². The van der Waals surface area contributed by atoms with Gasteiger partial charge >= 0.3 is 5.97 Å². The first-order chi connectivity index (χ1) is 8.13. The molecule has 0 saturated carbocycles. The fraction of sp³-hybridized carbons (Fsp3) is 0.727. The molecule has 0 radical (unpaired) electrons. The average Bonchev–Trinajstić information content (AvgIpc) is 2.72. The van der Waals surface area contributed by atoms with Gasteiger partial charge in [0, 0.05) is 24.5 Å². The maximum Gasteiger partial charge on any atom is 0.306 e. The lowest BCUT2D eigenvalue weighted by Gasteiger charge is -2.05. The monoisotopic (exact) mass is 257 g/mol. The van der Waals surface area contributed by atoms with Crippen LogP contribution in [-0.4, -0.2) is 27.0 Å². The Labute approximate surface area is 105 Å². The minimum atomic E-state index is -0.730. The van der Waals surface area contributed by atoms with E-state index in [0.717, 1.165) is 36.8 Å². The van der Waals surface area contributed by atoms with Gasteiger partial charge in [-0.2, -0.15) is 4.37 Å². The van der Waals surface area contributed by atoms with E-state index in [2.05, 4.69) is 21.6 Å². The number of nitrogens with one attached hydrogen (secondary N) is 1. The van der Waals surface area contributed by atoms with Crippen LogP contribution in [0.4, 0.5) is 5.13 Å². The minimum absolute atomic E-state index is 0.276. The lowest BCUT2D eigenvalue weighted by Crippen LogP contribution is -2.11. The first-order valence-electron chi connectivity index (χ1n) is 5.92. The molecule has 0 bridgehead atoms. The summed E-state index contributed by atoms with van der Waals surface area (Å²) in [6.07, 6.45) is 3.47. The molecule has 0 aromatic carbocycles. The second-order valence-corrected chi connectivity index (χ2v) is 4.83. The van der Waals surface area contributed by atoms with Crippen LogP contribution in [0.1, 0.15) is 38.9 Å². The second kappa shape index (κ2) is 7.21. The summed E-state index contributed by atoms with van der Waals surface area (Å²) in [4.78, 5) is 14.9. The zero-order chi connectivity index (χ0) is 12.7. The molecule has 5 nitrogen and oxygen atoms in total. The number of nitrogens with zero attached hydrogens (tertiary/aromatic N) is 2. The van der Waals surface area contributed by atoms with Crippen LogP contribution >= 0.6 is 11.5 Å². The van der Waals surface area contributed by atoms with Gasteiger partial charge in [-0.25, -0.2) is 4.98 Å². The number of aromatic nitrogens is 2. The molecule has 0 aliphatic rings. The van der Waals surface area contributed by atoms with Gasteiger partial charge in [0.05, 0.1) is 5.92 Å². The highest BCUT2D eigenvalue weighted by molar-refractivity contribution is 7.09. The lowest BCUT2D eigenvalue weighted by molar-refractivity contribution is -0.141. The second-order valence-electron chi connectivity index (χ2n) is 4.07. The molecule has 0 fully saturated rings. The third-order valence-electron chi connectivity index (χ3n) is 2.45. The molecule has 1 heterocycles. The number of aryl methyl sites for hydroxylation is 1. The molecule has 2 N–H and O–H groups in total. The topological polar surface area (TPSA) is 75.1 Å². The molecule has 0 amide bonds. The van der Waals surface area contributed by atoms with Crippen LogP contribution < -0.4 is 5.32 Å². The van der Waals surface area contributed by atoms with E-state index in [4.69, 9.17) is 5.11 Å². The first kappa shape index (κ1) is 13.9. The quantitative estimate of drug-likeness (QED) is 0.699. The van der Waals surface area contributed by atoms with E-state index in [-0.39, 0.29) is 5.92 Å². The van der Waals surface area contributed by atoms with Gasteiger partial charge in [-0.3, -0.25) is 4.79 Å². The summed E-state index contributed by atoms with van der Waals surface area (Å²) in [6, 6.07) is 0. The number of aliphatic carboxylic acids is 1. The third kappa shape index (κ3) is 5.12. The Morgan fingerprint density at radius 2 is 2.35 bits per heavy atom. The van der Waals surface area contributed by atoms with Crippen LogP contribution in [0.3, 0.4) is 0 Å². The van der Waals surface area contributed by atoms with E-state index in [9.17, 15) is 4.79 Å². The summed E-state index contributed by atoms with van der Waals surface area (Å²) in [5, 5.41) is 12.7. The van der Waals surface area contributed by atoms with Crippen LogP contribution in [0.15, 0.2) is 0 Å². The highest BCUT2D eigenvalue weighted by Gasteiger charge is 2.09. The molecule has 96 valence electrons. The van der Waals surface area contributed by atoms with Gasteiger partial charge in [-0.15, -0.1) is 0 Å². The molecule has 1 atom stereocenters. The highest BCUT2D eigenvalue weighted by Crippen LogP contribution is 2.13.